The highest BCUT2D eigenvalue weighted by molar-refractivity contribution is 5.77. The number of amides is 2. The van der Waals surface area contributed by atoms with Gasteiger partial charge in [-0.25, -0.2) is 14.5 Å². The Morgan fingerprint density at radius 2 is 1.71 bits per heavy atom. The fraction of sp³-hybridized carbons (Fsp3) is 0.739. The van der Waals surface area contributed by atoms with Gasteiger partial charge in [-0.15, -0.1) is 0 Å². The van der Waals surface area contributed by atoms with Gasteiger partial charge in [0.05, 0.1) is 17.3 Å². The molecule has 0 aromatic carbocycles. The molecular weight excluding hydrogens is 447 g/mol. The quantitative estimate of drug-likeness (QED) is 0.733. The summed E-state index contributed by atoms with van der Waals surface area (Å²) in [5.74, 6) is 1.76. The number of carbonyl (C=O) groups is 1. The largest absolute Gasteiger partial charge is 0.419 e. The molecular formula is C23H28F3N7O. The number of halogens is 3. The number of aromatic nitrogens is 5. The average molecular weight is 476 g/mol. The molecule has 5 fully saturated rings. The first kappa shape index (κ1) is 20.8. The van der Waals surface area contributed by atoms with Crippen molar-refractivity contribution in [2.24, 2.45) is 16.7 Å². The third-order valence-corrected chi connectivity index (χ3v) is 8.78. The molecule has 3 aliphatic carbocycles. The minimum absolute atomic E-state index is 0.103. The maximum Gasteiger partial charge on any atom is 0.419 e. The van der Waals surface area contributed by atoms with E-state index in [2.05, 4.69) is 20.3 Å². The number of nitrogens with one attached hydrogen (secondary N) is 1. The summed E-state index contributed by atoms with van der Waals surface area (Å²) in [5, 5.41) is 10.8. The summed E-state index contributed by atoms with van der Waals surface area (Å²) in [4.78, 5) is 21.2. The number of rotatable bonds is 4. The number of H-pyrrole nitrogens is 1. The molecule has 0 unspecified atom stereocenters. The zero-order valence-electron chi connectivity index (χ0n) is 18.9. The van der Waals surface area contributed by atoms with E-state index < -0.39 is 11.7 Å². The molecule has 2 amide bonds. The molecule has 182 valence electrons. The van der Waals surface area contributed by atoms with E-state index in [0.29, 0.717) is 18.4 Å². The zero-order valence-corrected chi connectivity index (χ0v) is 18.9. The molecule has 11 heteroatoms. The smallest absolute Gasteiger partial charge is 0.323 e. The van der Waals surface area contributed by atoms with E-state index in [9.17, 15) is 18.0 Å². The highest BCUT2D eigenvalue weighted by Gasteiger charge is 2.58. The van der Waals surface area contributed by atoms with Crippen molar-refractivity contribution in [3.63, 3.8) is 0 Å². The SMILES string of the molecule is O=C(N1CC2(CC(Cc3n[nH]cc3C(F)(F)F)C2)C1)N1CC2(CC(n3cnc(C4CC4)n3)C2)C1. The van der Waals surface area contributed by atoms with Crippen molar-refractivity contribution in [2.75, 3.05) is 26.2 Å². The van der Waals surface area contributed by atoms with Crippen LogP contribution in [0.1, 0.15) is 67.6 Å². The molecule has 2 aliphatic heterocycles. The van der Waals surface area contributed by atoms with Gasteiger partial charge in [0, 0.05) is 49.1 Å². The molecule has 0 bridgehead atoms. The lowest BCUT2D eigenvalue weighted by atomic mass is 9.56. The molecule has 2 aromatic heterocycles. The molecule has 4 heterocycles. The summed E-state index contributed by atoms with van der Waals surface area (Å²) in [6.45, 7) is 3.09. The lowest BCUT2D eigenvalue weighted by Gasteiger charge is -2.63. The van der Waals surface area contributed by atoms with E-state index in [-0.39, 0.29) is 28.5 Å². The average Bonchev–Trinajstić information content (AvgIpc) is 3.19. The monoisotopic (exact) mass is 475 g/mol. The highest BCUT2D eigenvalue weighted by Crippen LogP contribution is 2.56. The Kier molecular flexibility index (Phi) is 4.12. The molecule has 0 radical (unpaired) electrons. The van der Waals surface area contributed by atoms with E-state index >= 15 is 0 Å². The van der Waals surface area contributed by atoms with Crippen LogP contribution in [0.2, 0.25) is 0 Å². The molecule has 3 saturated carbocycles. The maximum absolute atomic E-state index is 13.0. The minimum atomic E-state index is -4.37. The van der Waals surface area contributed by atoms with Crippen LogP contribution in [0.25, 0.3) is 0 Å². The van der Waals surface area contributed by atoms with Crippen molar-refractivity contribution < 1.29 is 18.0 Å². The molecule has 2 saturated heterocycles. The van der Waals surface area contributed by atoms with E-state index in [1.54, 1.807) is 0 Å². The fourth-order valence-electron chi connectivity index (χ4n) is 6.94. The van der Waals surface area contributed by atoms with Crippen LogP contribution in [0.5, 0.6) is 0 Å². The number of aromatic amines is 1. The molecule has 2 spiro atoms. The van der Waals surface area contributed by atoms with Crippen LogP contribution in [-0.4, -0.2) is 67.0 Å². The second kappa shape index (κ2) is 6.75. The second-order valence-electron chi connectivity index (χ2n) is 11.6. The van der Waals surface area contributed by atoms with Gasteiger partial charge in [0.15, 0.2) is 5.82 Å². The normalized spacial score (nSPS) is 25.7. The minimum Gasteiger partial charge on any atom is -0.323 e. The third kappa shape index (κ3) is 3.25. The Morgan fingerprint density at radius 1 is 1.06 bits per heavy atom. The second-order valence-corrected chi connectivity index (χ2v) is 11.6. The molecule has 0 atom stereocenters. The van der Waals surface area contributed by atoms with Crippen molar-refractivity contribution in [2.45, 2.75) is 63.1 Å². The van der Waals surface area contributed by atoms with Crippen molar-refractivity contribution >= 4 is 6.03 Å². The fourth-order valence-corrected chi connectivity index (χ4v) is 6.94. The van der Waals surface area contributed by atoms with Gasteiger partial charge in [0.2, 0.25) is 0 Å². The van der Waals surface area contributed by atoms with E-state index in [4.69, 9.17) is 0 Å². The van der Waals surface area contributed by atoms with Gasteiger partial charge in [0.1, 0.15) is 6.33 Å². The van der Waals surface area contributed by atoms with Crippen LogP contribution >= 0.6 is 0 Å². The number of alkyl halides is 3. The summed E-state index contributed by atoms with van der Waals surface area (Å²) in [6, 6.07) is 0.524. The predicted octanol–water partition coefficient (Wildman–Crippen LogP) is 3.61. The topological polar surface area (TPSA) is 82.9 Å². The van der Waals surface area contributed by atoms with Gasteiger partial charge in [-0.2, -0.15) is 23.4 Å². The number of hydrogen-bond acceptors (Lipinski definition) is 4. The molecule has 1 N–H and O–H groups in total. The van der Waals surface area contributed by atoms with Crippen LogP contribution in [0.3, 0.4) is 0 Å². The van der Waals surface area contributed by atoms with Crippen molar-refractivity contribution in [3.05, 3.63) is 29.6 Å². The number of urea groups is 1. The number of hydrogen-bond donors (Lipinski definition) is 1. The number of likely N-dealkylation sites (tertiary alicyclic amines) is 2. The van der Waals surface area contributed by atoms with E-state index in [0.717, 1.165) is 63.9 Å². The summed E-state index contributed by atoms with van der Waals surface area (Å²) in [6.07, 6.45) is 5.05. The molecule has 5 aliphatic rings. The summed E-state index contributed by atoms with van der Waals surface area (Å²) in [7, 11) is 0. The Bertz CT molecular complexity index is 1110. The van der Waals surface area contributed by atoms with Gasteiger partial charge in [-0.1, -0.05) is 0 Å². The molecule has 34 heavy (non-hydrogen) atoms. The number of nitrogens with zero attached hydrogens (tertiary/aromatic N) is 6. The lowest BCUT2D eigenvalue weighted by Crippen LogP contribution is -2.71. The summed E-state index contributed by atoms with van der Waals surface area (Å²) < 4.78 is 41.2. The summed E-state index contributed by atoms with van der Waals surface area (Å²) in [5.41, 5.74) is -0.198. The lowest BCUT2D eigenvalue weighted by molar-refractivity contribution is -0.138. The number of carbonyl (C=O) groups excluding carboxylic acids is 1. The molecule has 8 nitrogen and oxygen atoms in total. The van der Waals surface area contributed by atoms with Crippen LogP contribution in [0, 0.1) is 16.7 Å². The Morgan fingerprint density at radius 3 is 2.32 bits per heavy atom. The van der Waals surface area contributed by atoms with Crippen LogP contribution in [0.4, 0.5) is 18.0 Å². The predicted molar refractivity (Wildman–Crippen MR) is 114 cm³/mol. The third-order valence-electron chi connectivity index (χ3n) is 8.78. The van der Waals surface area contributed by atoms with Gasteiger partial charge >= 0.3 is 12.2 Å². The maximum atomic E-state index is 13.0. The highest BCUT2D eigenvalue weighted by atomic mass is 19.4. The van der Waals surface area contributed by atoms with Crippen LogP contribution in [0.15, 0.2) is 12.5 Å². The van der Waals surface area contributed by atoms with Gasteiger partial charge < -0.3 is 9.80 Å². The van der Waals surface area contributed by atoms with Crippen molar-refractivity contribution in [3.8, 4) is 0 Å². The Hall–Kier alpha value is -2.59. The van der Waals surface area contributed by atoms with Crippen molar-refractivity contribution in [1.82, 2.24) is 34.8 Å². The van der Waals surface area contributed by atoms with Gasteiger partial charge in [-0.05, 0) is 50.9 Å². The zero-order chi connectivity index (χ0) is 23.3. The summed E-state index contributed by atoms with van der Waals surface area (Å²) >= 11 is 0. The Balaban J connectivity index is 0.856. The van der Waals surface area contributed by atoms with Crippen LogP contribution < -0.4 is 0 Å². The van der Waals surface area contributed by atoms with E-state index in [1.165, 1.54) is 12.8 Å². The van der Waals surface area contributed by atoms with Gasteiger partial charge in [0.25, 0.3) is 0 Å². The first-order chi connectivity index (χ1) is 16.2. The van der Waals surface area contributed by atoms with Crippen molar-refractivity contribution in [1.29, 1.82) is 0 Å². The first-order valence-corrected chi connectivity index (χ1v) is 12.3. The van der Waals surface area contributed by atoms with Crippen LogP contribution in [-0.2, 0) is 12.6 Å². The molecule has 7 rings (SSSR count). The molecule has 2 aromatic rings. The van der Waals surface area contributed by atoms with E-state index in [1.807, 2.05) is 20.8 Å². The van der Waals surface area contributed by atoms with Gasteiger partial charge in [-0.3, -0.25) is 5.10 Å². The first-order valence-electron chi connectivity index (χ1n) is 12.3. The Labute approximate surface area is 194 Å². The standard InChI is InChI=1S/C23H28F3N7O/c24-23(25,26)17-8-28-29-18(17)3-14-4-21(5-14)9-31(10-21)20(34)32-11-22(12-32)6-16(7-22)33-13-27-19(30-33)15-1-2-15/h8,13-16H,1-7,9-12H2,(H,28,29).